The van der Waals surface area contributed by atoms with Gasteiger partial charge in [0, 0.05) is 6.54 Å². The maximum atomic E-state index is 12.7. The van der Waals surface area contributed by atoms with Gasteiger partial charge in [-0.1, -0.05) is 59.6 Å². The first-order chi connectivity index (χ1) is 12.5. The number of rotatable bonds is 6. The zero-order valence-corrected chi connectivity index (χ0v) is 16.0. The summed E-state index contributed by atoms with van der Waals surface area (Å²) in [6.07, 6.45) is 2.38. The summed E-state index contributed by atoms with van der Waals surface area (Å²) in [5.74, 6) is -0.364. The molecule has 26 heavy (non-hydrogen) atoms. The van der Waals surface area contributed by atoms with Crippen LogP contribution in [0, 0.1) is 0 Å². The first kappa shape index (κ1) is 19.2. The third-order valence-corrected chi connectivity index (χ3v) is 5.44. The first-order valence-corrected chi connectivity index (χ1v) is 9.52. The number of likely N-dealkylation sites (tertiary alicyclic amines) is 1. The predicted octanol–water partition coefficient (Wildman–Crippen LogP) is 4.59. The average Bonchev–Trinajstić information content (AvgIpc) is 3.16. The van der Waals surface area contributed by atoms with Gasteiger partial charge < -0.3 is 4.90 Å². The number of halogens is 2. The summed E-state index contributed by atoms with van der Waals surface area (Å²) in [7, 11) is 0. The lowest BCUT2D eigenvalue weighted by Gasteiger charge is -2.30. The van der Waals surface area contributed by atoms with E-state index in [0.29, 0.717) is 16.6 Å². The van der Waals surface area contributed by atoms with Gasteiger partial charge in [-0.3, -0.25) is 10.0 Å². The Morgan fingerprint density at radius 1 is 1.08 bits per heavy atom. The number of carbonyl (C=O) groups excluding carboxylic acids is 1. The molecule has 0 bridgehead atoms. The highest BCUT2D eigenvalue weighted by Crippen LogP contribution is 2.25. The van der Waals surface area contributed by atoms with Crippen LogP contribution in [0.25, 0.3) is 0 Å². The van der Waals surface area contributed by atoms with Gasteiger partial charge in [-0.05, 0) is 49.2 Å². The van der Waals surface area contributed by atoms with Crippen molar-refractivity contribution in [2.24, 2.45) is 0 Å². The second-order valence-electron chi connectivity index (χ2n) is 6.60. The normalized spacial score (nSPS) is 15.8. The molecular weight excluding hydrogens is 371 g/mol. The topological polar surface area (TPSA) is 43.8 Å². The Morgan fingerprint density at radius 2 is 1.77 bits per heavy atom. The molecule has 1 fully saturated rings. The standard InChI is InChI=1S/C20H22Cl2N2O2/c21-17-9-8-15(12-18(17)22)13-20(25)24(26)19(14-23-10-4-5-11-23)16-6-2-1-3-7-16/h1-3,6-9,12,19,26H,4-5,10-11,13-14H2. The van der Waals surface area contributed by atoms with Gasteiger partial charge in [0.05, 0.1) is 22.5 Å². The number of benzene rings is 2. The van der Waals surface area contributed by atoms with Crippen molar-refractivity contribution in [3.63, 3.8) is 0 Å². The fourth-order valence-corrected chi connectivity index (χ4v) is 3.61. The average molecular weight is 393 g/mol. The number of hydrogen-bond acceptors (Lipinski definition) is 3. The van der Waals surface area contributed by atoms with Crippen LogP contribution in [0.15, 0.2) is 48.5 Å². The minimum Gasteiger partial charge on any atom is -0.301 e. The summed E-state index contributed by atoms with van der Waals surface area (Å²) < 4.78 is 0. The summed E-state index contributed by atoms with van der Waals surface area (Å²) in [4.78, 5) is 15.0. The van der Waals surface area contributed by atoms with Crippen molar-refractivity contribution < 1.29 is 10.0 Å². The molecular formula is C20H22Cl2N2O2. The molecule has 1 heterocycles. The monoisotopic (exact) mass is 392 g/mol. The van der Waals surface area contributed by atoms with E-state index in [1.165, 1.54) is 0 Å². The van der Waals surface area contributed by atoms with E-state index in [9.17, 15) is 10.0 Å². The Morgan fingerprint density at radius 3 is 2.42 bits per heavy atom. The quantitative estimate of drug-likeness (QED) is 0.577. The molecule has 3 rings (SSSR count). The van der Waals surface area contributed by atoms with Crippen LogP contribution >= 0.6 is 23.2 Å². The second kappa shape index (κ2) is 8.87. The van der Waals surface area contributed by atoms with Gasteiger partial charge in [-0.2, -0.15) is 0 Å². The van der Waals surface area contributed by atoms with Crippen LogP contribution < -0.4 is 0 Å². The summed E-state index contributed by atoms with van der Waals surface area (Å²) >= 11 is 11.9. The molecule has 1 N–H and O–H groups in total. The lowest BCUT2D eigenvalue weighted by atomic mass is 10.0. The van der Waals surface area contributed by atoms with Gasteiger partial charge in [0.1, 0.15) is 0 Å². The maximum Gasteiger partial charge on any atom is 0.250 e. The van der Waals surface area contributed by atoms with E-state index < -0.39 is 6.04 Å². The van der Waals surface area contributed by atoms with Crippen molar-refractivity contribution in [2.45, 2.75) is 25.3 Å². The predicted molar refractivity (Wildman–Crippen MR) is 104 cm³/mol. The van der Waals surface area contributed by atoms with E-state index >= 15 is 0 Å². The van der Waals surface area contributed by atoms with E-state index in [4.69, 9.17) is 23.2 Å². The molecule has 2 aromatic rings. The third kappa shape index (κ3) is 4.77. The van der Waals surface area contributed by atoms with Crippen molar-refractivity contribution >= 4 is 29.1 Å². The summed E-state index contributed by atoms with van der Waals surface area (Å²) in [5.41, 5.74) is 1.64. The molecule has 0 aromatic heterocycles. The summed E-state index contributed by atoms with van der Waals surface area (Å²) in [6, 6.07) is 14.3. The fourth-order valence-electron chi connectivity index (χ4n) is 3.29. The molecule has 0 aliphatic carbocycles. The molecule has 6 heteroatoms. The molecule has 4 nitrogen and oxygen atoms in total. The van der Waals surface area contributed by atoms with Gasteiger partial charge in [0.2, 0.25) is 0 Å². The van der Waals surface area contributed by atoms with Crippen LogP contribution in [0.5, 0.6) is 0 Å². The van der Waals surface area contributed by atoms with Crippen LogP contribution in [0.3, 0.4) is 0 Å². The first-order valence-electron chi connectivity index (χ1n) is 8.77. The van der Waals surface area contributed by atoms with Crippen LogP contribution in [0.1, 0.15) is 30.0 Å². The smallest absolute Gasteiger partial charge is 0.250 e. The number of hydrogen-bond donors (Lipinski definition) is 1. The van der Waals surface area contributed by atoms with E-state index in [1.54, 1.807) is 18.2 Å². The van der Waals surface area contributed by atoms with Crippen molar-refractivity contribution in [3.8, 4) is 0 Å². The number of carbonyl (C=O) groups is 1. The van der Waals surface area contributed by atoms with Crippen LogP contribution in [-0.2, 0) is 11.2 Å². The Bertz CT molecular complexity index is 749. The van der Waals surface area contributed by atoms with Crippen molar-refractivity contribution in [1.29, 1.82) is 0 Å². The zero-order valence-electron chi connectivity index (χ0n) is 14.4. The Labute approximate surface area is 163 Å². The Kier molecular flexibility index (Phi) is 6.54. The van der Waals surface area contributed by atoms with Crippen LogP contribution in [-0.4, -0.2) is 40.7 Å². The highest BCUT2D eigenvalue weighted by Gasteiger charge is 2.27. The minimum atomic E-state index is -0.399. The molecule has 1 unspecified atom stereocenters. The maximum absolute atomic E-state index is 12.7. The molecule has 2 aromatic carbocycles. The van der Waals surface area contributed by atoms with Crippen molar-refractivity contribution in [3.05, 3.63) is 69.7 Å². The highest BCUT2D eigenvalue weighted by atomic mass is 35.5. The number of amides is 1. The fraction of sp³-hybridized carbons (Fsp3) is 0.350. The lowest BCUT2D eigenvalue weighted by Crippen LogP contribution is -2.39. The van der Waals surface area contributed by atoms with Gasteiger partial charge >= 0.3 is 0 Å². The molecule has 1 saturated heterocycles. The Hall–Kier alpha value is -1.59. The van der Waals surface area contributed by atoms with Crippen LogP contribution in [0.2, 0.25) is 10.0 Å². The van der Waals surface area contributed by atoms with E-state index in [2.05, 4.69) is 4.90 Å². The van der Waals surface area contributed by atoms with Crippen LogP contribution in [0.4, 0.5) is 0 Å². The van der Waals surface area contributed by atoms with Crippen molar-refractivity contribution in [2.75, 3.05) is 19.6 Å². The zero-order chi connectivity index (χ0) is 18.5. The van der Waals surface area contributed by atoms with E-state index in [1.807, 2.05) is 30.3 Å². The third-order valence-electron chi connectivity index (χ3n) is 4.70. The molecule has 1 atom stereocenters. The number of hydroxylamine groups is 2. The highest BCUT2D eigenvalue weighted by molar-refractivity contribution is 6.42. The SMILES string of the molecule is O=C(Cc1ccc(Cl)c(Cl)c1)N(O)C(CN1CCCC1)c1ccccc1. The molecule has 1 aliphatic rings. The van der Waals surface area contributed by atoms with Gasteiger partial charge in [0.25, 0.3) is 5.91 Å². The molecule has 0 saturated carbocycles. The lowest BCUT2D eigenvalue weighted by molar-refractivity contribution is -0.177. The summed E-state index contributed by atoms with van der Waals surface area (Å²) in [6.45, 7) is 2.62. The van der Waals surface area contributed by atoms with E-state index in [0.717, 1.165) is 42.1 Å². The van der Waals surface area contributed by atoms with Gasteiger partial charge in [-0.25, -0.2) is 5.06 Å². The summed E-state index contributed by atoms with van der Waals surface area (Å²) in [5, 5.41) is 12.4. The van der Waals surface area contributed by atoms with Crippen molar-refractivity contribution in [1.82, 2.24) is 9.96 Å². The molecule has 138 valence electrons. The molecule has 0 radical (unpaired) electrons. The van der Waals surface area contributed by atoms with Gasteiger partial charge in [-0.15, -0.1) is 0 Å². The largest absolute Gasteiger partial charge is 0.301 e. The molecule has 1 aliphatic heterocycles. The minimum absolute atomic E-state index is 0.0662. The number of nitrogens with zero attached hydrogens (tertiary/aromatic N) is 2. The molecule has 0 spiro atoms. The second-order valence-corrected chi connectivity index (χ2v) is 7.41. The van der Waals surface area contributed by atoms with Gasteiger partial charge in [0.15, 0.2) is 0 Å². The Balaban J connectivity index is 1.75. The molecule has 1 amide bonds. The van der Waals surface area contributed by atoms with E-state index in [-0.39, 0.29) is 12.3 Å².